The summed E-state index contributed by atoms with van der Waals surface area (Å²) in [5.41, 5.74) is 1.74. The Kier molecular flexibility index (Phi) is 5.67. The molecule has 3 rings (SSSR count). The fourth-order valence-electron chi connectivity index (χ4n) is 2.50. The first-order valence-electron chi connectivity index (χ1n) is 8.44. The fraction of sp³-hybridized carbons (Fsp3) is 0.444. The van der Waals surface area contributed by atoms with Crippen molar-refractivity contribution in [2.75, 3.05) is 17.2 Å². The number of aliphatic hydroxyl groups is 1. The molecule has 0 radical (unpaired) electrons. The van der Waals surface area contributed by atoms with Crippen LogP contribution in [0.4, 0.5) is 17.5 Å². The molecule has 0 aliphatic heterocycles. The molecule has 1 saturated carbocycles. The largest absolute Gasteiger partial charge is 0.394 e. The van der Waals surface area contributed by atoms with E-state index in [-0.39, 0.29) is 18.6 Å². The van der Waals surface area contributed by atoms with Gasteiger partial charge in [0.1, 0.15) is 5.82 Å². The maximum Gasteiger partial charge on any atom is 0.225 e. The van der Waals surface area contributed by atoms with Crippen LogP contribution in [0.1, 0.15) is 38.3 Å². The Labute approximate surface area is 157 Å². The van der Waals surface area contributed by atoms with E-state index >= 15 is 0 Å². The molecule has 1 aliphatic carbocycles. The van der Waals surface area contributed by atoms with Crippen LogP contribution in [0.15, 0.2) is 24.3 Å². The highest BCUT2D eigenvalue weighted by atomic mass is 35.5. The highest BCUT2D eigenvalue weighted by Gasteiger charge is 2.26. The Morgan fingerprint density at radius 3 is 2.56 bits per heavy atom. The second-order valence-electron chi connectivity index (χ2n) is 6.70. The summed E-state index contributed by atoms with van der Waals surface area (Å²) in [7, 11) is 0. The second kappa shape index (κ2) is 7.77. The van der Waals surface area contributed by atoms with Gasteiger partial charge in [-0.1, -0.05) is 37.0 Å². The summed E-state index contributed by atoms with van der Waals surface area (Å²) < 4.78 is 0. The number of hydrogen-bond acceptors (Lipinski definition) is 5. The molecule has 1 aromatic heterocycles. The predicted molar refractivity (Wildman–Crippen MR) is 103 cm³/mol. The minimum atomic E-state index is -0.0959. The number of nitrogens with zero attached hydrogens (tertiary/aromatic N) is 2. The third kappa shape index (κ3) is 4.75. The summed E-state index contributed by atoms with van der Waals surface area (Å²) in [6.45, 7) is 4.12. The number of benzene rings is 1. The van der Waals surface area contributed by atoms with Gasteiger partial charge in [0.15, 0.2) is 0 Å². The van der Waals surface area contributed by atoms with Crippen LogP contribution in [0, 0.1) is 5.92 Å². The molecule has 0 bridgehead atoms. The molecular weight excluding hydrogens is 359 g/mol. The zero-order chi connectivity index (χ0) is 18.0. The number of anilines is 3. The van der Waals surface area contributed by atoms with E-state index in [2.05, 4.69) is 20.6 Å². The fourth-order valence-corrected chi connectivity index (χ4v) is 2.96. The number of nitrogens with one attached hydrogen (secondary N) is 2. The Morgan fingerprint density at radius 1 is 1.20 bits per heavy atom. The third-order valence-electron chi connectivity index (χ3n) is 4.25. The summed E-state index contributed by atoms with van der Waals surface area (Å²) in [6, 6.07) is 7.15. The first-order chi connectivity index (χ1) is 12.0. The van der Waals surface area contributed by atoms with Crippen LogP contribution in [-0.2, 0) is 0 Å². The first kappa shape index (κ1) is 18.2. The molecule has 3 N–H and O–H groups in total. The van der Waals surface area contributed by atoms with Crippen LogP contribution in [0.25, 0.3) is 0 Å². The van der Waals surface area contributed by atoms with E-state index in [1.807, 2.05) is 26.0 Å². The molecule has 0 unspecified atom stereocenters. The molecule has 5 nitrogen and oxygen atoms in total. The molecule has 2 aromatic rings. The van der Waals surface area contributed by atoms with Gasteiger partial charge >= 0.3 is 0 Å². The number of hydrogen-bond donors (Lipinski definition) is 3. The maximum atomic E-state index is 9.55. The third-order valence-corrected chi connectivity index (χ3v) is 4.80. The Hall–Kier alpha value is -1.56. The quantitative estimate of drug-likeness (QED) is 0.641. The summed E-state index contributed by atoms with van der Waals surface area (Å²) in [5, 5.41) is 17.1. The van der Waals surface area contributed by atoms with Crippen molar-refractivity contribution in [3.63, 3.8) is 0 Å². The second-order valence-corrected chi connectivity index (χ2v) is 7.55. The van der Waals surface area contributed by atoms with Crippen LogP contribution >= 0.6 is 23.2 Å². The molecule has 1 aromatic carbocycles. The van der Waals surface area contributed by atoms with Gasteiger partial charge in [0.25, 0.3) is 0 Å². The van der Waals surface area contributed by atoms with E-state index in [9.17, 15) is 5.11 Å². The van der Waals surface area contributed by atoms with Crippen LogP contribution in [0.3, 0.4) is 0 Å². The number of halogens is 2. The van der Waals surface area contributed by atoms with Crippen LogP contribution in [-0.4, -0.2) is 27.7 Å². The van der Waals surface area contributed by atoms with Gasteiger partial charge < -0.3 is 15.7 Å². The topological polar surface area (TPSA) is 70.1 Å². The van der Waals surface area contributed by atoms with Crippen molar-refractivity contribution >= 4 is 40.7 Å². The van der Waals surface area contributed by atoms with E-state index in [1.165, 1.54) is 0 Å². The van der Waals surface area contributed by atoms with Crippen molar-refractivity contribution in [2.45, 2.75) is 38.6 Å². The van der Waals surface area contributed by atoms with Crippen LogP contribution in [0.2, 0.25) is 10.0 Å². The SMILES string of the molecule is CC(C)[C@H](CO)Nc1nc(Nc2ccc(Cl)cc2Cl)cc(C2CC2)n1. The minimum absolute atomic E-state index is 0.0282. The van der Waals surface area contributed by atoms with Gasteiger partial charge in [0.2, 0.25) is 5.95 Å². The van der Waals surface area contributed by atoms with Crippen LogP contribution < -0.4 is 10.6 Å². The van der Waals surface area contributed by atoms with E-state index in [4.69, 9.17) is 23.2 Å². The lowest BCUT2D eigenvalue weighted by Crippen LogP contribution is -2.30. The van der Waals surface area contributed by atoms with Gasteiger partial charge in [-0.2, -0.15) is 4.98 Å². The normalized spacial score (nSPS) is 15.3. The maximum absolute atomic E-state index is 9.55. The lowest BCUT2D eigenvalue weighted by molar-refractivity contribution is 0.248. The monoisotopic (exact) mass is 380 g/mol. The lowest BCUT2D eigenvalue weighted by atomic mass is 10.1. The van der Waals surface area contributed by atoms with E-state index in [0.29, 0.717) is 27.7 Å². The smallest absolute Gasteiger partial charge is 0.225 e. The van der Waals surface area contributed by atoms with Crippen molar-refractivity contribution in [3.8, 4) is 0 Å². The molecule has 0 spiro atoms. The standard InChI is InChI=1S/C18H22Cl2N4O/c1-10(2)16(9-25)23-18-22-15(11-3-4-11)8-17(24-18)21-14-6-5-12(19)7-13(14)20/h5-8,10-11,16,25H,3-4,9H2,1-2H3,(H2,21,22,23,24)/t16-/m0/s1. The summed E-state index contributed by atoms with van der Waals surface area (Å²) in [4.78, 5) is 9.15. The lowest BCUT2D eigenvalue weighted by Gasteiger charge is -2.20. The number of rotatable bonds is 7. The zero-order valence-corrected chi connectivity index (χ0v) is 15.8. The highest BCUT2D eigenvalue weighted by Crippen LogP contribution is 2.40. The Morgan fingerprint density at radius 2 is 1.96 bits per heavy atom. The number of aromatic nitrogens is 2. The molecule has 1 heterocycles. The van der Waals surface area contributed by atoms with Gasteiger partial charge in [-0.15, -0.1) is 0 Å². The van der Waals surface area contributed by atoms with E-state index in [0.717, 1.165) is 24.2 Å². The van der Waals surface area contributed by atoms with Crippen molar-refractivity contribution in [1.82, 2.24) is 9.97 Å². The van der Waals surface area contributed by atoms with Crippen molar-refractivity contribution in [3.05, 3.63) is 40.0 Å². The van der Waals surface area contributed by atoms with Gasteiger partial charge in [-0.3, -0.25) is 0 Å². The summed E-state index contributed by atoms with van der Waals surface area (Å²) in [5.74, 6) is 1.94. The average molecular weight is 381 g/mol. The summed E-state index contributed by atoms with van der Waals surface area (Å²) in [6.07, 6.45) is 2.29. The minimum Gasteiger partial charge on any atom is -0.394 e. The predicted octanol–water partition coefficient (Wildman–Crippen LogP) is 4.83. The van der Waals surface area contributed by atoms with Gasteiger partial charge in [-0.05, 0) is 37.0 Å². The molecule has 0 amide bonds. The van der Waals surface area contributed by atoms with Gasteiger partial charge in [-0.25, -0.2) is 4.98 Å². The average Bonchev–Trinajstić information content (AvgIpc) is 3.40. The van der Waals surface area contributed by atoms with Gasteiger partial charge in [0.05, 0.1) is 29.1 Å². The molecule has 1 aliphatic rings. The molecule has 7 heteroatoms. The van der Waals surface area contributed by atoms with E-state index in [1.54, 1.807) is 12.1 Å². The molecule has 134 valence electrons. The van der Waals surface area contributed by atoms with E-state index < -0.39 is 0 Å². The molecular formula is C18H22Cl2N4O. The first-order valence-corrected chi connectivity index (χ1v) is 9.20. The Balaban J connectivity index is 1.87. The Bertz CT molecular complexity index is 750. The van der Waals surface area contributed by atoms with Crippen molar-refractivity contribution in [2.24, 2.45) is 5.92 Å². The van der Waals surface area contributed by atoms with Crippen molar-refractivity contribution < 1.29 is 5.11 Å². The summed E-state index contributed by atoms with van der Waals surface area (Å²) >= 11 is 12.2. The molecule has 25 heavy (non-hydrogen) atoms. The van der Waals surface area contributed by atoms with Gasteiger partial charge in [0, 0.05) is 17.0 Å². The molecule has 1 fully saturated rings. The highest BCUT2D eigenvalue weighted by molar-refractivity contribution is 6.36. The van der Waals surface area contributed by atoms with Crippen molar-refractivity contribution in [1.29, 1.82) is 0 Å². The molecule has 1 atom stereocenters. The van der Waals surface area contributed by atoms with Crippen LogP contribution in [0.5, 0.6) is 0 Å². The zero-order valence-electron chi connectivity index (χ0n) is 14.3. The molecule has 0 saturated heterocycles. The number of aliphatic hydroxyl groups excluding tert-OH is 1.